The van der Waals surface area contributed by atoms with Crippen LogP contribution in [0, 0.1) is 17.8 Å². The Morgan fingerprint density at radius 2 is 1.25 bits per heavy atom. The number of hydrogen-bond acceptors (Lipinski definition) is 2. The molecule has 20 heavy (non-hydrogen) atoms. The third-order valence-corrected chi connectivity index (χ3v) is 3.97. The fourth-order valence-corrected chi connectivity index (χ4v) is 2.50. The van der Waals surface area contributed by atoms with Gasteiger partial charge in [-0.25, -0.2) is 0 Å². The Bertz CT molecular complexity index is 199. The largest absolute Gasteiger partial charge is 0.328 e. The molecule has 0 aromatic rings. The van der Waals surface area contributed by atoms with Gasteiger partial charge < -0.3 is 10.6 Å². The van der Waals surface area contributed by atoms with Crippen LogP contribution in [0.25, 0.3) is 0 Å². The van der Waals surface area contributed by atoms with Gasteiger partial charge in [-0.15, -0.1) is 0 Å². The highest BCUT2D eigenvalue weighted by Gasteiger charge is 2.12. The molecule has 0 aromatic carbocycles. The first-order chi connectivity index (χ1) is 9.31. The Balaban J connectivity index is 4.03. The van der Waals surface area contributed by atoms with Crippen molar-refractivity contribution in [1.29, 1.82) is 0 Å². The van der Waals surface area contributed by atoms with Gasteiger partial charge in [0.2, 0.25) is 0 Å². The standard InChI is InChI=1S/C18H40N2/c1-15(2)10-12-20(13-11-16(3)4)14-17(5)8-7-9-18(6)19/h15-18H,7-14,19H2,1-6H3. The zero-order valence-electron chi connectivity index (χ0n) is 15.0. The molecular weight excluding hydrogens is 244 g/mol. The normalized spacial score (nSPS) is 15.3. The van der Waals surface area contributed by atoms with Crippen LogP contribution in [0.5, 0.6) is 0 Å². The first-order valence-electron chi connectivity index (χ1n) is 8.79. The monoisotopic (exact) mass is 284 g/mol. The summed E-state index contributed by atoms with van der Waals surface area (Å²) in [5, 5.41) is 0. The summed E-state index contributed by atoms with van der Waals surface area (Å²) in [5.41, 5.74) is 5.83. The summed E-state index contributed by atoms with van der Waals surface area (Å²) >= 11 is 0. The van der Waals surface area contributed by atoms with Crippen molar-refractivity contribution in [3.05, 3.63) is 0 Å². The highest BCUT2D eigenvalue weighted by Crippen LogP contribution is 2.13. The van der Waals surface area contributed by atoms with Crippen LogP contribution in [0.3, 0.4) is 0 Å². The Hall–Kier alpha value is -0.0800. The third kappa shape index (κ3) is 12.9. The average molecular weight is 285 g/mol. The van der Waals surface area contributed by atoms with Crippen molar-refractivity contribution in [2.24, 2.45) is 23.5 Å². The lowest BCUT2D eigenvalue weighted by atomic mass is 10.0. The molecule has 0 bridgehead atoms. The van der Waals surface area contributed by atoms with Gasteiger partial charge >= 0.3 is 0 Å². The lowest BCUT2D eigenvalue weighted by molar-refractivity contribution is 0.208. The maximum Gasteiger partial charge on any atom is 0.00104 e. The second-order valence-electron chi connectivity index (χ2n) is 7.68. The predicted octanol–water partition coefficient (Wildman–Crippen LogP) is 4.53. The lowest BCUT2D eigenvalue weighted by Crippen LogP contribution is -2.32. The summed E-state index contributed by atoms with van der Waals surface area (Å²) in [6.07, 6.45) is 6.42. The van der Waals surface area contributed by atoms with Crippen molar-refractivity contribution in [2.75, 3.05) is 19.6 Å². The number of nitrogens with two attached hydrogens (primary N) is 1. The average Bonchev–Trinajstić information content (AvgIpc) is 2.31. The van der Waals surface area contributed by atoms with E-state index in [0.717, 1.165) is 17.8 Å². The minimum atomic E-state index is 0.361. The Morgan fingerprint density at radius 3 is 1.65 bits per heavy atom. The maximum atomic E-state index is 5.83. The van der Waals surface area contributed by atoms with Crippen LogP contribution >= 0.6 is 0 Å². The molecule has 0 amide bonds. The Morgan fingerprint density at radius 1 is 0.750 bits per heavy atom. The predicted molar refractivity (Wildman–Crippen MR) is 92.0 cm³/mol. The summed E-state index contributed by atoms with van der Waals surface area (Å²) in [6, 6.07) is 0.361. The van der Waals surface area contributed by atoms with Gasteiger partial charge in [0.1, 0.15) is 0 Å². The SMILES string of the molecule is CC(C)CCN(CCC(C)C)CC(C)CCCC(C)N. The van der Waals surface area contributed by atoms with Crippen molar-refractivity contribution in [1.82, 2.24) is 4.90 Å². The molecule has 2 nitrogen and oxygen atoms in total. The van der Waals surface area contributed by atoms with Gasteiger partial charge in [-0.05, 0) is 63.5 Å². The number of hydrogen-bond donors (Lipinski definition) is 1. The minimum absolute atomic E-state index is 0.361. The molecule has 0 aliphatic heterocycles. The van der Waals surface area contributed by atoms with Crippen LogP contribution in [0.2, 0.25) is 0 Å². The number of rotatable bonds is 12. The summed E-state index contributed by atoms with van der Waals surface area (Å²) in [7, 11) is 0. The van der Waals surface area contributed by atoms with Crippen molar-refractivity contribution in [2.45, 2.75) is 79.7 Å². The molecule has 2 atom stereocenters. The van der Waals surface area contributed by atoms with Gasteiger partial charge in [-0.2, -0.15) is 0 Å². The smallest absolute Gasteiger partial charge is 0.00104 e. The van der Waals surface area contributed by atoms with E-state index in [9.17, 15) is 0 Å². The summed E-state index contributed by atoms with van der Waals surface area (Å²) in [5.74, 6) is 2.42. The highest BCUT2D eigenvalue weighted by molar-refractivity contribution is 4.66. The Kier molecular flexibility index (Phi) is 11.5. The lowest BCUT2D eigenvalue weighted by Gasteiger charge is -2.27. The zero-order chi connectivity index (χ0) is 15.5. The molecule has 2 N–H and O–H groups in total. The molecule has 0 aliphatic rings. The molecule has 0 spiro atoms. The number of nitrogens with zero attached hydrogens (tertiary/aromatic N) is 1. The van der Waals surface area contributed by atoms with Gasteiger partial charge in [0, 0.05) is 12.6 Å². The molecule has 0 radical (unpaired) electrons. The van der Waals surface area contributed by atoms with E-state index in [1.807, 2.05) is 0 Å². The van der Waals surface area contributed by atoms with Crippen molar-refractivity contribution in [3.63, 3.8) is 0 Å². The molecule has 0 aliphatic carbocycles. The fraction of sp³-hybridized carbons (Fsp3) is 1.00. The molecular formula is C18H40N2. The van der Waals surface area contributed by atoms with E-state index in [4.69, 9.17) is 5.73 Å². The van der Waals surface area contributed by atoms with Crippen LogP contribution < -0.4 is 5.73 Å². The quantitative estimate of drug-likeness (QED) is 0.570. The maximum absolute atomic E-state index is 5.83. The topological polar surface area (TPSA) is 29.3 Å². The first kappa shape index (κ1) is 19.9. The molecule has 0 rings (SSSR count). The Labute approximate surface area is 128 Å². The van der Waals surface area contributed by atoms with Crippen LogP contribution in [0.15, 0.2) is 0 Å². The van der Waals surface area contributed by atoms with Gasteiger partial charge in [-0.1, -0.05) is 41.0 Å². The van der Waals surface area contributed by atoms with Crippen LogP contribution in [0.1, 0.15) is 73.6 Å². The summed E-state index contributed by atoms with van der Waals surface area (Å²) in [4.78, 5) is 2.69. The van der Waals surface area contributed by atoms with E-state index in [1.165, 1.54) is 51.7 Å². The molecule has 122 valence electrons. The van der Waals surface area contributed by atoms with Gasteiger partial charge in [0.05, 0.1) is 0 Å². The second kappa shape index (κ2) is 11.6. The van der Waals surface area contributed by atoms with Gasteiger partial charge in [0.25, 0.3) is 0 Å². The molecule has 2 unspecified atom stereocenters. The third-order valence-electron chi connectivity index (χ3n) is 3.97. The zero-order valence-corrected chi connectivity index (χ0v) is 15.0. The second-order valence-corrected chi connectivity index (χ2v) is 7.68. The van der Waals surface area contributed by atoms with E-state index in [0.29, 0.717) is 6.04 Å². The molecule has 0 saturated heterocycles. The summed E-state index contributed by atoms with van der Waals surface area (Å²) < 4.78 is 0. The van der Waals surface area contributed by atoms with Crippen molar-refractivity contribution < 1.29 is 0 Å². The minimum Gasteiger partial charge on any atom is -0.328 e. The van der Waals surface area contributed by atoms with E-state index in [2.05, 4.69) is 46.4 Å². The van der Waals surface area contributed by atoms with Crippen LogP contribution in [-0.2, 0) is 0 Å². The van der Waals surface area contributed by atoms with Crippen LogP contribution in [0.4, 0.5) is 0 Å². The van der Waals surface area contributed by atoms with Gasteiger partial charge in [-0.3, -0.25) is 0 Å². The molecule has 0 saturated carbocycles. The molecule has 0 aromatic heterocycles. The van der Waals surface area contributed by atoms with E-state index in [-0.39, 0.29) is 0 Å². The first-order valence-corrected chi connectivity index (χ1v) is 8.79. The van der Waals surface area contributed by atoms with E-state index in [1.54, 1.807) is 0 Å². The van der Waals surface area contributed by atoms with Crippen molar-refractivity contribution in [3.8, 4) is 0 Å². The fourth-order valence-electron chi connectivity index (χ4n) is 2.50. The van der Waals surface area contributed by atoms with Gasteiger partial charge in [0.15, 0.2) is 0 Å². The highest BCUT2D eigenvalue weighted by atomic mass is 15.1. The van der Waals surface area contributed by atoms with E-state index < -0.39 is 0 Å². The molecule has 0 heterocycles. The molecule has 2 heteroatoms. The van der Waals surface area contributed by atoms with Crippen LogP contribution in [-0.4, -0.2) is 30.6 Å². The molecule has 0 fully saturated rings. The summed E-state index contributed by atoms with van der Waals surface area (Å²) in [6.45, 7) is 17.6. The van der Waals surface area contributed by atoms with E-state index >= 15 is 0 Å². The van der Waals surface area contributed by atoms with Crippen molar-refractivity contribution >= 4 is 0 Å².